The van der Waals surface area contributed by atoms with Crippen LogP contribution in [0.4, 0.5) is 10.1 Å². The zero-order chi connectivity index (χ0) is 23.1. The van der Waals surface area contributed by atoms with Gasteiger partial charge in [-0.25, -0.2) is 4.39 Å². The topological polar surface area (TPSA) is 59.9 Å². The third kappa shape index (κ3) is 4.58. The molecule has 1 saturated carbocycles. The second kappa shape index (κ2) is 9.18. The van der Waals surface area contributed by atoms with Crippen molar-refractivity contribution in [1.82, 2.24) is 14.8 Å². The maximum Gasteiger partial charge on any atom is 0.257 e. The molecular formula is C26H35FN4O2. The molecule has 1 N–H and O–H groups in total. The van der Waals surface area contributed by atoms with Crippen LogP contribution in [0.3, 0.4) is 0 Å². The molecule has 2 aliphatic heterocycles. The number of nitrogens with zero attached hydrogens (tertiary/aromatic N) is 4. The number of piperidine rings is 1. The first-order chi connectivity index (χ1) is 15.9. The molecule has 0 radical (unpaired) electrons. The van der Waals surface area contributed by atoms with Crippen LogP contribution in [0.15, 0.2) is 24.4 Å². The second-order valence-electron chi connectivity index (χ2n) is 10.3. The predicted molar refractivity (Wildman–Crippen MR) is 128 cm³/mol. The number of benzene rings is 1. The van der Waals surface area contributed by atoms with Gasteiger partial charge in [0, 0.05) is 50.9 Å². The van der Waals surface area contributed by atoms with Gasteiger partial charge < -0.3 is 14.9 Å². The molecule has 1 atom stereocenters. The lowest BCUT2D eigenvalue weighted by molar-refractivity contribution is -0.0352. The Kier molecular flexibility index (Phi) is 6.27. The minimum atomic E-state index is -0.384. The number of carbonyl (C=O) groups excluding carboxylic acids is 1. The number of hydrogen-bond acceptors (Lipinski definition) is 5. The lowest BCUT2D eigenvalue weighted by atomic mass is 9.86. The van der Waals surface area contributed by atoms with E-state index in [2.05, 4.69) is 28.6 Å². The monoisotopic (exact) mass is 454 g/mol. The summed E-state index contributed by atoms with van der Waals surface area (Å²) < 4.78 is 14.3. The zero-order valence-corrected chi connectivity index (χ0v) is 19.7. The third-order valence-electron chi connectivity index (χ3n) is 7.85. The first-order valence-corrected chi connectivity index (χ1v) is 12.5. The molecule has 7 heteroatoms. The number of pyridine rings is 1. The summed E-state index contributed by atoms with van der Waals surface area (Å²) in [4.78, 5) is 24.4. The summed E-state index contributed by atoms with van der Waals surface area (Å²) in [5.74, 6) is 1.36. The molecule has 2 aromatic rings. The predicted octanol–water partition coefficient (Wildman–Crippen LogP) is 3.73. The van der Waals surface area contributed by atoms with Gasteiger partial charge in [-0.3, -0.25) is 14.7 Å². The molecule has 6 nitrogen and oxygen atoms in total. The van der Waals surface area contributed by atoms with Gasteiger partial charge >= 0.3 is 0 Å². The highest BCUT2D eigenvalue weighted by atomic mass is 19.1. The maximum absolute atomic E-state index is 14.3. The van der Waals surface area contributed by atoms with Crippen molar-refractivity contribution in [2.75, 3.05) is 44.2 Å². The number of aliphatic hydroxyl groups excluding tert-OH is 1. The fourth-order valence-electron chi connectivity index (χ4n) is 5.49. The number of anilines is 1. The van der Waals surface area contributed by atoms with Gasteiger partial charge in [0.2, 0.25) is 0 Å². The first-order valence-electron chi connectivity index (χ1n) is 12.5. The third-order valence-corrected chi connectivity index (χ3v) is 7.85. The number of carbonyl (C=O) groups is 1. The molecule has 178 valence electrons. The number of fused-ring (bicyclic) bond motifs is 1. The van der Waals surface area contributed by atoms with E-state index in [9.17, 15) is 14.3 Å². The number of amides is 1. The van der Waals surface area contributed by atoms with Gasteiger partial charge in [-0.15, -0.1) is 0 Å². The van der Waals surface area contributed by atoms with Crippen LogP contribution in [-0.4, -0.2) is 71.3 Å². The van der Waals surface area contributed by atoms with Crippen LogP contribution in [0, 0.1) is 23.6 Å². The smallest absolute Gasteiger partial charge is 0.257 e. The van der Waals surface area contributed by atoms with E-state index in [-0.39, 0.29) is 18.0 Å². The van der Waals surface area contributed by atoms with Crippen molar-refractivity contribution in [3.63, 3.8) is 0 Å². The Morgan fingerprint density at radius 1 is 1.03 bits per heavy atom. The normalized spacial score (nSPS) is 21.7. The van der Waals surface area contributed by atoms with Crippen LogP contribution >= 0.6 is 0 Å². The molecule has 5 rings (SSSR count). The Morgan fingerprint density at radius 2 is 1.73 bits per heavy atom. The molecule has 1 aromatic carbocycles. The lowest BCUT2D eigenvalue weighted by Crippen LogP contribution is -2.52. The van der Waals surface area contributed by atoms with Gasteiger partial charge in [-0.05, 0) is 61.6 Å². The van der Waals surface area contributed by atoms with E-state index >= 15 is 0 Å². The van der Waals surface area contributed by atoms with Crippen molar-refractivity contribution in [2.24, 2.45) is 17.8 Å². The molecule has 1 aliphatic carbocycles. The van der Waals surface area contributed by atoms with Crippen molar-refractivity contribution in [3.8, 4) is 0 Å². The number of rotatable bonds is 5. The molecule has 1 amide bonds. The average molecular weight is 455 g/mol. The number of aliphatic hydroxyl groups is 1. The van der Waals surface area contributed by atoms with Crippen molar-refractivity contribution >= 4 is 22.5 Å². The standard InChI is InChI=1S/C26H35FN4O2/c1-17(2)18-7-9-29(10-8-18)24-21-15-20(27)5-6-23(21)28-16-22(24)26(33)31-13-11-30(12-14-31)25(32)19-3-4-19/h5-6,15-19,25,32H,3-4,7-14H2,1-2H3. The number of piperazine rings is 1. The van der Waals surface area contributed by atoms with E-state index in [0.717, 1.165) is 44.5 Å². The largest absolute Gasteiger partial charge is 0.378 e. The van der Waals surface area contributed by atoms with Crippen molar-refractivity contribution in [3.05, 3.63) is 35.8 Å². The first kappa shape index (κ1) is 22.5. The summed E-state index contributed by atoms with van der Waals surface area (Å²) in [6.45, 7) is 8.78. The Labute approximate surface area is 195 Å². The van der Waals surface area contributed by atoms with E-state index < -0.39 is 0 Å². The molecular weight excluding hydrogens is 419 g/mol. The van der Waals surface area contributed by atoms with Crippen molar-refractivity contribution in [1.29, 1.82) is 0 Å². The molecule has 0 bridgehead atoms. The summed E-state index contributed by atoms with van der Waals surface area (Å²) >= 11 is 0. The van der Waals surface area contributed by atoms with Crippen LogP contribution in [-0.2, 0) is 0 Å². The second-order valence-corrected chi connectivity index (χ2v) is 10.3. The van der Waals surface area contributed by atoms with E-state index in [1.54, 1.807) is 12.3 Å². The fraction of sp³-hybridized carbons (Fsp3) is 0.615. The minimum Gasteiger partial charge on any atom is -0.378 e. The number of halogens is 1. The SMILES string of the molecule is CC(C)C1CCN(c2c(C(=O)N3CCN(C(O)C4CC4)CC3)cnc3ccc(F)cc23)CC1. The summed E-state index contributed by atoms with van der Waals surface area (Å²) in [6, 6.07) is 4.64. The van der Waals surface area contributed by atoms with E-state index in [4.69, 9.17) is 0 Å². The molecule has 3 fully saturated rings. The van der Waals surface area contributed by atoms with Gasteiger partial charge in [0.05, 0.1) is 16.8 Å². The Bertz CT molecular complexity index is 1010. The molecule has 33 heavy (non-hydrogen) atoms. The van der Waals surface area contributed by atoms with Crippen molar-refractivity contribution < 1.29 is 14.3 Å². The Hall–Kier alpha value is -2.25. The van der Waals surface area contributed by atoms with Gasteiger partial charge in [-0.1, -0.05) is 13.8 Å². The Balaban J connectivity index is 1.41. The van der Waals surface area contributed by atoms with Crippen molar-refractivity contribution in [2.45, 2.75) is 45.8 Å². The highest BCUT2D eigenvalue weighted by molar-refractivity contribution is 6.07. The average Bonchev–Trinajstić information content (AvgIpc) is 3.68. The zero-order valence-electron chi connectivity index (χ0n) is 19.7. The minimum absolute atomic E-state index is 0.0461. The van der Waals surface area contributed by atoms with E-state index in [0.29, 0.717) is 60.4 Å². The van der Waals surface area contributed by atoms with Gasteiger partial charge in [-0.2, -0.15) is 0 Å². The molecule has 3 heterocycles. The highest BCUT2D eigenvalue weighted by Crippen LogP contribution is 2.36. The fourth-order valence-corrected chi connectivity index (χ4v) is 5.49. The molecule has 1 unspecified atom stereocenters. The summed E-state index contributed by atoms with van der Waals surface area (Å²) in [6.07, 6.45) is 5.63. The van der Waals surface area contributed by atoms with Gasteiger partial charge in [0.1, 0.15) is 12.0 Å². The summed E-state index contributed by atoms with van der Waals surface area (Å²) in [7, 11) is 0. The molecule has 1 aromatic heterocycles. The Morgan fingerprint density at radius 3 is 2.36 bits per heavy atom. The van der Waals surface area contributed by atoms with Crippen LogP contribution < -0.4 is 4.90 Å². The van der Waals surface area contributed by atoms with E-state index in [1.807, 2.05) is 4.90 Å². The molecule has 3 aliphatic rings. The van der Waals surface area contributed by atoms with Crippen LogP contribution in [0.2, 0.25) is 0 Å². The maximum atomic E-state index is 14.3. The number of aromatic nitrogens is 1. The van der Waals surface area contributed by atoms with Crippen LogP contribution in [0.5, 0.6) is 0 Å². The van der Waals surface area contributed by atoms with Crippen LogP contribution in [0.25, 0.3) is 10.9 Å². The highest BCUT2D eigenvalue weighted by Gasteiger charge is 2.36. The molecule has 2 saturated heterocycles. The summed E-state index contributed by atoms with van der Waals surface area (Å²) in [5.41, 5.74) is 2.10. The van der Waals surface area contributed by atoms with Gasteiger partial charge in [0.25, 0.3) is 5.91 Å². The van der Waals surface area contributed by atoms with Gasteiger partial charge in [0.15, 0.2) is 0 Å². The quantitative estimate of drug-likeness (QED) is 0.746. The number of hydrogen-bond donors (Lipinski definition) is 1. The lowest BCUT2D eigenvalue weighted by Gasteiger charge is -2.39. The molecule has 0 spiro atoms. The summed E-state index contributed by atoms with van der Waals surface area (Å²) in [5, 5.41) is 11.2. The van der Waals surface area contributed by atoms with E-state index in [1.165, 1.54) is 12.1 Å². The van der Waals surface area contributed by atoms with Crippen LogP contribution in [0.1, 0.15) is 49.9 Å².